The third kappa shape index (κ3) is 4.87. The lowest BCUT2D eigenvalue weighted by molar-refractivity contribution is 0.202. The van der Waals surface area contributed by atoms with Crippen molar-refractivity contribution in [2.75, 3.05) is 13.6 Å². The average Bonchev–Trinajstić information content (AvgIpc) is 2.69. The molecule has 0 saturated heterocycles. The van der Waals surface area contributed by atoms with E-state index in [2.05, 4.69) is 92.2 Å². The molecule has 2 aliphatic rings. The molecule has 0 spiro atoms. The second kappa shape index (κ2) is 9.21. The lowest BCUT2D eigenvalue weighted by Crippen LogP contribution is -2.36. The molecular weight excluding hydrogens is 314 g/mol. The van der Waals surface area contributed by atoms with Crippen molar-refractivity contribution in [3.63, 3.8) is 0 Å². The summed E-state index contributed by atoms with van der Waals surface area (Å²) in [5.74, 6) is 1.78. The second-order valence-electron chi connectivity index (χ2n) is 8.03. The van der Waals surface area contributed by atoms with Gasteiger partial charge in [0.15, 0.2) is 0 Å². The van der Waals surface area contributed by atoms with Crippen molar-refractivity contribution in [1.29, 1.82) is 0 Å². The minimum Gasteiger partial charge on any atom is -0.303 e. The van der Waals surface area contributed by atoms with E-state index in [9.17, 15) is 0 Å². The fourth-order valence-electron chi connectivity index (χ4n) is 4.19. The van der Waals surface area contributed by atoms with Crippen LogP contribution in [0.4, 0.5) is 0 Å². The Balaban J connectivity index is 1.70. The number of hydrogen-bond donors (Lipinski definition) is 0. The van der Waals surface area contributed by atoms with Crippen molar-refractivity contribution in [3.8, 4) is 0 Å². The van der Waals surface area contributed by atoms with Crippen molar-refractivity contribution in [3.05, 3.63) is 77.6 Å². The van der Waals surface area contributed by atoms with Gasteiger partial charge in [0.1, 0.15) is 0 Å². The molecule has 3 rings (SSSR count). The molecule has 2 aliphatic carbocycles. The third-order valence-electron chi connectivity index (χ3n) is 6.06. The summed E-state index contributed by atoms with van der Waals surface area (Å²) in [4.78, 5) is 2.54. The van der Waals surface area contributed by atoms with Crippen LogP contribution in [0, 0.1) is 11.8 Å². The van der Waals surface area contributed by atoms with Gasteiger partial charge in [-0.05, 0) is 81.3 Å². The lowest BCUT2D eigenvalue weighted by atomic mass is 9.83. The summed E-state index contributed by atoms with van der Waals surface area (Å²) in [6.45, 7) is 5.81. The van der Waals surface area contributed by atoms with Gasteiger partial charge in [-0.1, -0.05) is 55.5 Å². The molecule has 4 atom stereocenters. The zero-order chi connectivity index (χ0) is 18.4. The first kappa shape index (κ1) is 19.0. The number of rotatable bonds is 7. The van der Waals surface area contributed by atoms with Crippen molar-refractivity contribution in [2.45, 2.75) is 51.5 Å². The molecule has 1 nitrogen and oxygen atoms in total. The molecule has 0 fully saturated rings. The average molecular weight is 348 g/mol. The molecule has 0 bridgehead atoms. The van der Waals surface area contributed by atoms with Crippen molar-refractivity contribution in [1.82, 2.24) is 4.90 Å². The molecule has 1 aromatic rings. The Morgan fingerprint density at radius 2 is 2.04 bits per heavy atom. The maximum absolute atomic E-state index is 3.32. The van der Waals surface area contributed by atoms with Gasteiger partial charge in [-0.15, -0.1) is 5.73 Å². The van der Waals surface area contributed by atoms with Crippen LogP contribution in [-0.2, 0) is 0 Å². The maximum atomic E-state index is 3.32. The molecule has 0 saturated carbocycles. The van der Waals surface area contributed by atoms with E-state index in [-0.39, 0.29) is 0 Å². The zero-order valence-corrected chi connectivity index (χ0v) is 16.6. The Labute approximate surface area is 159 Å². The van der Waals surface area contributed by atoms with E-state index in [0.717, 1.165) is 6.54 Å². The molecular formula is C25H33N. The molecule has 0 radical (unpaired) electrons. The van der Waals surface area contributed by atoms with E-state index in [0.29, 0.717) is 23.8 Å². The van der Waals surface area contributed by atoms with Gasteiger partial charge in [-0.2, -0.15) is 0 Å². The molecule has 1 heteroatoms. The van der Waals surface area contributed by atoms with E-state index in [1.165, 1.54) is 36.8 Å². The van der Waals surface area contributed by atoms with Gasteiger partial charge in [0.05, 0.1) is 0 Å². The number of hydrogen-bond acceptors (Lipinski definition) is 1. The van der Waals surface area contributed by atoms with Crippen LogP contribution in [0.15, 0.2) is 72.0 Å². The predicted molar refractivity (Wildman–Crippen MR) is 112 cm³/mol. The molecule has 0 aliphatic heterocycles. The van der Waals surface area contributed by atoms with Crippen LogP contribution in [0.2, 0.25) is 0 Å². The van der Waals surface area contributed by atoms with Gasteiger partial charge < -0.3 is 4.90 Å². The van der Waals surface area contributed by atoms with Gasteiger partial charge in [-0.25, -0.2) is 0 Å². The van der Waals surface area contributed by atoms with Gasteiger partial charge in [0.2, 0.25) is 0 Å². The number of benzene rings is 1. The minimum atomic E-state index is 0.492. The standard InChI is InChI=1S/C25H33N/c1-20-11-10-16-24(19-20)25(23-14-8-5-9-15-23)17-18-26(3)21(2)22-12-6-4-7-13-22/h4-5,8-10,13-16,19-22,25H,6,11-12,17-18H2,1-3H3. The van der Waals surface area contributed by atoms with Crippen LogP contribution in [0.25, 0.3) is 0 Å². The first-order chi connectivity index (χ1) is 12.6. The highest BCUT2D eigenvalue weighted by Gasteiger charge is 2.22. The third-order valence-corrected chi connectivity index (χ3v) is 6.06. The molecule has 0 aromatic heterocycles. The normalized spacial score (nSPS) is 24.5. The summed E-state index contributed by atoms with van der Waals surface area (Å²) < 4.78 is 0. The molecule has 138 valence electrons. The van der Waals surface area contributed by atoms with Crippen LogP contribution in [0.1, 0.15) is 51.0 Å². The first-order valence-electron chi connectivity index (χ1n) is 10.2. The molecule has 0 amide bonds. The summed E-state index contributed by atoms with van der Waals surface area (Å²) in [5, 5.41) is 0. The highest BCUT2D eigenvalue weighted by Crippen LogP contribution is 2.33. The highest BCUT2D eigenvalue weighted by molar-refractivity contribution is 5.37. The topological polar surface area (TPSA) is 3.24 Å². The Hall–Kier alpha value is -1.82. The van der Waals surface area contributed by atoms with Crippen molar-refractivity contribution >= 4 is 0 Å². The van der Waals surface area contributed by atoms with Gasteiger partial charge in [0, 0.05) is 12.0 Å². The molecule has 4 unspecified atom stereocenters. The van der Waals surface area contributed by atoms with Gasteiger partial charge in [-0.3, -0.25) is 0 Å². The summed E-state index contributed by atoms with van der Waals surface area (Å²) >= 11 is 0. The highest BCUT2D eigenvalue weighted by atomic mass is 15.1. The fourth-order valence-corrected chi connectivity index (χ4v) is 4.19. The fraction of sp³-hybridized carbons (Fsp3) is 0.480. The minimum absolute atomic E-state index is 0.492. The van der Waals surface area contributed by atoms with E-state index < -0.39 is 0 Å². The lowest BCUT2D eigenvalue weighted by Gasteiger charge is -2.32. The first-order valence-corrected chi connectivity index (χ1v) is 10.2. The largest absolute Gasteiger partial charge is 0.303 e. The van der Waals surface area contributed by atoms with Crippen LogP contribution in [0.3, 0.4) is 0 Å². The van der Waals surface area contributed by atoms with E-state index in [1.54, 1.807) is 0 Å². The molecule has 0 heterocycles. The van der Waals surface area contributed by atoms with Gasteiger partial charge in [0.25, 0.3) is 0 Å². The Bertz CT molecular complexity index is 690. The smallest absolute Gasteiger partial charge is 0.0133 e. The number of allylic oxidation sites excluding steroid dienone is 4. The Kier molecular flexibility index (Phi) is 6.72. The predicted octanol–water partition coefficient (Wildman–Crippen LogP) is 6.12. The zero-order valence-electron chi connectivity index (χ0n) is 16.6. The quantitative estimate of drug-likeness (QED) is 0.537. The second-order valence-corrected chi connectivity index (χ2v) is 8.03. The molecule has 26 heavy (non-hydrogen) atoms. The van der Waals surface area contributed by atoms with Crippen molar-refractivity contribution in [2.24, 2.45) is 11.8 Å². The summed E-state index contributed by atoms with van der Waals surface area (Å²) in [6.07, 6.45) is 16.4. The summed E-state index contributed by atoms with van der Waals surface area (Å²) in [6, 6.07) is 11.6. The maximum Gasteiger partial charge on any atom is 0.0133 e. The monoisotopic (exact) mass is 347 g/mol. The van der Waals surface area contributed by atoms with E-state index in [4.69, 9.17) is 0 Å². The number of nitrogens with zero attached hydrogens (tertiary/aromatic N) is 1. The summed E-state index contributed by atoms with van der Waals surface area (Å²) in [7, 11) is 2.28. The Morgan fingerprint density at radius 3 is 2.73 bits per heavy atom. The van der Waals surface area contributed by atoms with Crippen LogP contribution >= 0.6 is 0 Å². The van der Waals surface area contributed by atoms with E-state index in [1.807, 2.05) is 0 Å². The van der Waals surface area contributed by atoms with Crippen molar-refractivity contribution < 1.29 is 0 Å². The van der Waals surface area contributed by atoms with Gasteiger partial charge >= 0.3 is 0 Å². The molecule has 0 N–H and O–H groups in total. The Morgan fingerprint density at radius 1 is 1.23 bits per heavy atom. The van der Waals surface area contributed by atoms with Crippen LogP contribution < -0.4 is 0 Å². The molecule has 1 aromatic carbocycles. The van der Waals surface area contributed by atoms with E-state index >= 15 is 0 Å². The van der Waals surface area contributed by atoms with Crippen LogP contribution in [0.5, 0.6) is 0 Å². The van der Waals surface area contributed by atoms with Crippen LogP contribution in [-0.4, -0.2) is 24.5 Å². The SMILES string of the molecule is CC1C=C(C(CCN(C)C(C)C2C=C=CCC2)c2ccccc2)C=CC1. The summed E-state index contributed by atoms with van der Waals surface area (Å²) in [5.41, 5.74) is 6.26.